The van der Waals surface area contributed by atoms with Crippen molar-refractivity contribution in [3.8, 4) is 11.1 Å². The summed E-state index contributed by atoms with van der Waals surface area (Å²) in [6.07, 6.45) is -0.405. The summed E-state index contributed by atoms with van der Waals surface area (Å²) in [7, 11) is 1.67. The van der Waals surface area contributed by atoms with Gasteiger partial charge in [0.25, 0.3) is 0 Å². The molecule has 0 saturated heterocycles. The summed E-state index contributed by atoms with van der Waals surface area (Å²) in [5.74, 6) is 0.0391. The first-order valence-corrected chi connectivity index (χ1v) is 9.47. The molecule has 1 heterocycles. The Kier molecular flexibility index (Phi) is 4.87. The van der Waals surface area contributed by atoms with Crippen LogP contribution in [0.25, 0.3) is 11.1 Å². The van der Waals surface area contributed by atoms with Crippen LogP contribution in [0.5, 0.6) is 0 Å². The summed E-state index contributed by atoms with van der Waals surface area (Å²) in [5.41, 5.74) is 4.78. The van der Waals surface area contributed by atoms with E-state index in [2.05, 4.69) is 34.5 Å². The molecule has 27 heavy (non-hydrogen) atoms. The van der Waals surface area contributed by atoms with Gasteiger partial charge in [0, 0.05) is 13.0 Å². The maximum Gasteiger partial charge on any atom is 0.409 e. The molecular formula is C20H19N3O3S. The quantitative estimate of drug-likeness (QED) is 0.733. The minimum atomic E-state index is -0.405. The zero-order valence-corrected chi connectivity index (χ0v) is 15.6. The summed E-state index contributed by atoms with van der Waals surface area (Å²) in [4.78, 5) is 13.9. The highest BCUT2D eigenvalue weighted by Crippen LogP contribution is 2.44. The molecule has 3 aromatic rings. The molecule has 0 bridgehead atoms. The monoisotopic (exact) mass is 381 g/mol. The van der Waals surface area contributed by atoms with Gasteiger partial charge in [-0.3, -0.25) is 0 Å². The van der Waals surface area contributed by atoms with Gasteiger partial charge < -0.3 is 14.7 Å². The fraction of sp³-hybridized carbons (Fsp3) is 0.250. The van der Waals surface area contributed by atoms with Crippen molar-refractivity contribution in [3.63, 3.8) is 0 Å². The second-order valence-electron chi connectivity index (χ2n) is 6.41. The Bertz CT molecular complexity index is 927. The van der Waals surface area contributed by atoms with Gasteiger partial charge in [0.15, 0.2) is 0 Å². The highest BCUT2D eigenvalue weighted by Gasteiger charge is 2.29. The van der Waals surface area contributed by atoms with Gasteiger partial charge in [0.2, 0.25) is 0 Å². The SMILES string of the molecule is CN(Cc1nnc(CO)s1)C(=O)OCC1c2ccccc2-c2ccccc21. The van der Waals surface area contributed by atoms with E-state index in [0.29, 0.717) is 16.6 Å². The average Bonchev–Trinajstić information content (AvgIpc) is 3.28. The van der Waals surface area contributed by atoms with E-state index in [1.165, 1.54) is 38.5 Å². The Morgan fingerprint density at radius 3 is 2.26 bits per heavy atom. The number of benzene rings is 2. The van der Waals surface area contributed by atoms with Gasteiger partial charge in [-0.1, -0.05) is 59.9 Å². The molecule has 0 unspecified atom stereocenters. The molecule has 0 spiro atoms. The molecule has 2 aromatic carbocycles. The van der Waals surface area contributed by atoms with Gasteiger partial charge in [-0.15, -0.1) is 10.2 Å². The fourth-order valence-corrected chi connectivity index (χ4v) is 4.15. The molecule has 1 aliphatic rings. The Morgan fingerprint density at radius 2 is 1.67 bits per heavy atom. The van der Waals surface area contributed by atoms with Crippen LogP contribution in [-0.2, 0) is 17.9 Å². The van der Waals surface area contributed by atoms with Gasteiger partial charge in [0.1, 0.15) is 16.6 Å². The summed E-state index contributed by atoms with van der Waals surface area (Å²) in [5, 5.41) is 18.1. The highest BCUT2D eigenvalue weighted by atomic mass is 32.1. The van der Waals surface area contributed by atoms with Crippen molar-refractivity contribution in [2.45, 2.75) is 19.1 Å². The fourth-order valence-electron chi connectivity index (χ4n) is 3.39. The number of hydrogen-bond donors (Lipinski definition) is 1. The molecule has 7 heteroatoms. The molecule has 138 valence electrons. The first-order chi connectivity index (χ1) is 13.2. The van der Waals surface area contributed by atoms with E-state index in [-0.39, 0.29) is 19.1 Å². The zero-order valence-electron chi connectivity index (χ0n) is 14.8. The first-order valence-electron chi connectivity index (χ1n) is 8.65. The Balaban J connectivity index is 1.44. The van der Waals surface area contributed by atoms with Crippen molar-refractivity contribution < 1.29 is 14.6 Å². The second kappa shape index (κ2) is 7.46. The number of rotatable bonds is 5. The van der Waals surface area contributed by atoms with Crippen LogP contribution in [-0.4, -0.2) is 40.0 Å². The Labute approximate surface area is 161 Å². The van der Waals surface area contributed by atoms with Crippen molar-refractivity contribution >= 4 is 17.4 Å². The van der Waals surface area contributed by atoms with Gasteiger partial charge in [-0.25, -0.2) is 4.79 Å². The Hall–Kier alpha value is -2.77. The van der Waals surface area contributed by atoms with Crippen molar-refractivity contribution in [3.05, 3.63) is 69.7 Å². The number of amides is 1. The van der Waals surface area contributed by atoms with Crippen LogP contribution in [0.15, 0.2) is 48.5 Å². The lowest BCUT2D eigenvalue weighted by atomic mass is 9.98. The minimum Gasteiger partial charge on any atom is -0.448 e. The van der Waals surface area contributed by atoms with E-state index >= 15 is 0 Å². The van der Waals surface area contributed by atoms with Crippen LogP contribution in [0.2, 0.25) is 0 Å². The minimum absolute atomic E-state index is 0.0391. The lowest BCUT2D eigenvalue weighted by molar-refractivity contribution is 0.106. The van der Waals surface area contributed by atoms with Crippen molar-refractivity contribution in [2.24, 2.45) is 0 Å². The topological polar surface area (TPSA) is 75.5 Å². The molecule has 0 aliphatic heterocycles. The van der Waals surface area contributed by atoms with Crippen LogP contribution in [0.3, 0.4) is 0 Å². The molecule has 0 saturated carbocycles. The van der Waals surface area contributed by atoms with Gasteiger partial charge in [0.05, 0.1) is 13.2 Å². The first kappa shape index (κ1) is 17.6. The average molecular weight is 381 g/mol. The summed E-state index contributed by atoms with van der Waals surface area (Å²) in [6, 6.07) is 16.5. The summed E-state index contributed by atoms with van der Waals surface area (Å²) >= 11 is 1.28. The third-order valence-corrected chi connectivity index (χ3v) is 5.56. The molecule has 1 N–H and O–H groups in total. The lowest BCUT2D eigenvalue weighted by Crippen LogP contribution is -2.28. The number of fused-ring (bicyclic) bond motifs is 3. The second-order valence-corrected chi connectivity index (χ2v) is 7.55. The van der Waals surface area contributed by atoms with Crippen LogP contribution in [0.4, 0.5) is 4.79 Å². The van der Waals surface area contributed by atoms with Gasteiger partial charge >= 0.3 is 6.09 Å². The zero-order chi connectivity index (χ0) is 18.8. The van der Waals surface area contributed by atoms with Crippen molar-refractivity contribution in [2.75, 3.05) is 13.7 Å². The molecule has 1 amide bonds. The van der Waals surface area contributed by atoms with E-state index < -0.39 is 6.09 Å². The van der Waals surface area contributed by atoms with E-state index in [4.69, 9.17) is 9.84 Å². The predicted molar refractivity (Wildman–Crippen MR) is 102 cm³/mol. The molecule has 4 rings (SSSR count). The molecule has 0 atom stereocenters. The Morgan fingerprint density at radius 1 is 1.07 bits per heavy atom. The number of aliphatic hydroxyl groups excluding tert-OH is 1. The van der Waals surface area contributed by atoms with Crippen LogP contribution in [0, 0.1) is 0 Å². The van der Waals surface area contributed by atoms with Crippen LogP contribution >= 0.6 is 11.3 Å². The van der Waals surface area contributed by atoms with E-state index in [9.17, 15) is 4.79 Å². The standard InChI is InChI=1S/C20H19N3O3S/c1-23(10-18-21-22-19(11-24)27-18)20(25)26-12-17-15-8-4-2-6-13(15)14-7-3-5-9-16(14)17/h2-9,17,24H,10-12H2,1H3. The number of carbonyl (C=O) groups excluding carboxylic acids is 1. The van der Waals surface area contributed by atoms with Crippen molar-refractivity contribution in [1.29, 1.82) is 0 Å². The van der Waals surface area contributed by atoms with E-state index in [1.54, 1.807) is 7.05 Å². The van der Waals surface area contributed by atoms with Crippen LogP contribution in [0.1, 0.15) is 27.1 Å². The summed E-state index contributed by atoms with van der Waals surface area (Å²) in [6.45, 7) is 0.440. The van der Waals surface area contributed by atoms with Crippen LogP contribution < -0.4 is 0 Å². The smallest absolute Gasteiger partial charge is 0.409 e. The largest absolute Gasteiger partial charge is 0.448 e. The normalized spacial score (nSPS) is 12.5. The molecule has 0 fully saturated rings. The van der Waals surface area contributed by atoms with Gasteiger partial charge in [-0.05, 0) is 22.3 Å². The number of nitrogens with zero attached hydrogens (tertiary/aromatic N) is 3. The highest BCUT2D eigenvalue weighted by molar-refractivity contribution is 7.11. The van der Waals surface area contributed by atoms with Crippen molar-refractivity contribution in [1.82, 2.24) is 15.1 Å². The van der Waals surface area contributed by atoms with E-state index in [1.807, 2.05) is 24.3 Å². The molecule has 6 nitrogen and oxygen atoms in total. The third-order valence-electron chi connectivity index (χ3n) is 4.66. The lowest BCUT2D eigenvalue weighted by Gasteiger charge is -2.18. The van der Waals surface area contributed by atoms with E-state index in [0.717, 1.165) is 0 Å². The predicted octanol–water partition coefficient (Wildman–Crippen LogP) is 3.41. The molecule has 1 aliphatic carbocycles. The number of hydrogen-bond acceptors (Lipinski definition) is 6. The number of aromatic nitrogens is 2. The molecule has 1 aromatic heterocycles. The number of aliphatic hydroxyl groups is 1. The van der Waals surface area contributed by atoms with Gasteiger partial charge in [-0.2, -0.15) is 0 Å². The number of carbonyl (C=O) groups is 1. The third kappa shape index (κ3) is 3.43. The maximum atomic E-state index is 12.4. The number of ether oxygens (including phenoxy) is 1. The maximum absolute atomic E-state index is 12.4. The molecular weight excluding hydrogens is 362 g/mol. The molecule has 0 radical (unpaired) electrons. The summed E-state index contributed by atoms with van der Waals surface area (Å²) < 4.78 is 5.60.